The molecule has 0 aliphatic carbocycles. The normalized spacial score (nSPS) is 15.1. The quantitative estimate of drug-likeness (QED) is 0.764. The minimum atomic E-state index is -0.510. The maximum atomic E-state index is 13.1. The van der Waals surface area contributed by atoms with Gasteiger partial charge in [-0.15, -0.1) is 0 Å². The third kappa shape index (κ3) is 5.53. The molecule has 0 radical (unpaired) electrons. The molecule has 0 spiro atoms. The summed E-state index contributed by atoms with van der Waals surface area (Å²) in [5, 5.41) is 2.96. The molecule has 2 amide bonds. The van der Waals surface area contributed by atoms with Crippen molar-refractivity contribution in [1.82, 2.24) is 10.2 Å². The van der Waals surface area contributed by atoms with Gasteiger partial charge >= 0.3 is 0 Å². The highest BCUT2D eigenvalue weighted by molar-refractivity contribution is 5.88. The summed E-state index contributed by atoms with van der Waals surface area (Å²) >= 11 is 0. The fraction of sp³-hybridized carbons (Fsp3) is 0.417. The van der Waals surface area contributed by atoms with Crippen LogP contribution in [0.5, 0.6) is 5.75 Å². The van der Waals surface area contributed by atoms with Gasteiger partial charge in [0, 0.05) is 37.9 Å². The molecule has 1 fully saturated rings. The van der Waals surface area contributed by atoms with Crippen LogP contribution < -0.4 is 15.0 Å². The molecule has 3 rings (SSSR count). The molecular weight excluding hydrogens is 378 g/mol. The number of piperazine rings is 1. The Bertz CT molecular complexity index is 846. The van der Waals surface area contributed by atoms with E-state index in [1.54, 1.807) is 7.11 Å². The zero-order valence-electron chi connectivity index (χ0n) is 18.0. The first-order valence-corrected chi connectivity index (χ1v) is 10.5. The fourth-order valence-corrected chi connectivity index (χ4v) is 3.71. The summed E-state index contributed by atoms with van der Waals surface area (Å²) in [5.41, 5.74) is 2.04. The number of nitrogens with zero attached hydrogens (tertiary/aromatic N) is 2. The summed E-state index contributed by atoms with van der Waals surface area (Å²) in [7, 11) is 1.66. The molecule has 2 aromatic rings. The van der Waals surface area contributed by atoms with Gasteiger partial charge in [-0.25, -0.2) is 0 Å². The number of carbonyl (C=O) groups excluding carboxylic acids is 2. The van der Waals surface area contributed by atoms with E-state index in [0.29, 0.717) is 13.1 Å². The monoisotopic (exact) mass is 409 g/mol. The summed E-state index contributed by atoms with van der Waals surface area (Å²) < 4.78 is 5.31. The summed E-state index contributed by atoms with van der Waals surface area (Å²) in [6, 6.07) is 17.0. The third-order valence-corrected chi connectivity index (χ3v) is 5.47. The standard InChI is InChI=1S/C24H31N3O3/c1-18(2)23(25-22(28)16-19-8-5-4-6-9-19)24(29)27-14-12-26(13-15-27)20-10-7-11-21(17-20)30-3/h4-11,17-18,23H,12-16H2,1-3H3,(H,25,28)/t23-/m0/s1. The van der Waals surface area contributed by atoms with Crippen molar-refractivity contribution < 1.29 is 14.3 Å². The molecule has 1 aliphatic heterocycles. The van der Waals surface area contributed by atoms with Crippen LogP contribution in [0.2, 0.25) is 0 Å². The number of benzene rings is 2. The number of hydrogen-bond acceptors (Lipinski definition) is 4. The van der Waals surface area contributed by atoms with E-state index < -0.39 is 6.04 Å². The average molecular weight is 410 g/mol. The van der Waals surface area contributed by atoms with Gasteiger partial charge in [0.05, 0.1) is 13.5 Å². The van der Waals surface area contributed by atoms with Crippen LogP contribution in [0.3, 0.4) is 0 Å². The van der Waals surface area contributed by atoms with E-state index in [1.807, 2.05) is 67.3 Å². The number of ether oxygens (including phenoxy) is 1. The first kappa shape index (κ1) is 21.7. The third-order valence-electron chi connectivity index (χ3n) is 5.47. The van der Waals surface area contributed by atoms with E-state index in [4.69, 9.17) is 4.74 Å². The van der Waals surface area contributed by atoms with Crippen molar-refractivity contribution in [2.24, 2.45) is 5.92 Å². The Kier molecular flexibility index (Phi) is 7.33. The van der Waals surface area contributed by atoms with E-state index in [2.05, 4.69) is 16.3 Å². The number of methoxy groups -OCH3 is 1. The van der Waals surface area contributed by atoms with Crippen LogP contribution in [0.25, 0.3) is 0 Å². The van der Waals surface area contributed by atoms with Crippen LogP contribution in [0.1, 0.15) is 19.4 Å². The van der Waals surface area contributed by atoms with Gasteiger partial charge in [-0.3, -0.25) is 9.59 Å². The minimum absolute atomic E-state index is 0.00305. The lowest BCUT2D eigenvalue weighted by molar-refractivity contribution is -0.137. The average Bonchev–Trinajstić information content (AvgIpc) is 2.77. The number of hydrogen-bond donors (Lipinski definition) is 1. The summed E-state index contributed by atoms with van der Waals surface area (Å²) in [5.74, 6) is 0.723. The van der Waals surface area contributed by atoms with E-state index in [0.717, 1.165) is 30.1 Å². The molecule has 1 N–H and O–H groups in total. The van der Waals surface area contributed by atoms with Gasteiger partial charge < -0.3 is 19.9 Å². The van der Waals surface area contributed by atoms with Gasteiger partial charge in [0.25, 0.3) is 0 Å². The minimum Gasteiger partial charge on any atom is -0.497 e. The second-order valence-corrected chi connectivity index (χ2v) is 7.97. The Hall–Kier alpha value is -3.02. The molecule has 0 aromatic heterocycles. The van der Waals surface area contributed by atoms with Crippen molar-refractivity contribution in [2.75, 3.05) is 38.2 Å². The van der Waals surface area contributed by atoms with Gasteiger partial charge in [0.15, 0.2) is 0 Å². The van der Waals surface area contributed by atoms with Gasteiger partial charge in [0.2, 0.25) is 11.8 Å². The van der Waals surface area contributed by atoms with Crippen LogP contribution in [0.4, 0.5) is 5.69 Å². The van der Waals surface area contributed by atoms with Gasteiger partial charge in [-0.2, -0.15) is 0 Å². The molecule has 1 atom stereocenters. The molecule has 1 saturated heterocycles. The van der Waals surface area contributed by atoms with Crippen molar-refractivity contribution in [2.45, 2.75) is 26.3 Å². The molecule has 6 heteroatoms. The molecule has 0 unspecified atom stereocenters. The molecular formula is C24H31N3O3. The molecule has 160 valence electrons. The number of carbonyl (C=O) groups is 2. The number of rotatable bonds is 7. The molecule has 1 aliphatic rings. The van der Waals surface area contributed by atoms with Crippen LogP contribution in [0.15, 0.2) is 54.6 Å². The number of amides is 2. The summed E-state index contributed by atoms with van der Waals surface area (Å²) in [6.07, 6.45) is 0.279. The highest BCUT2D eigenvalue weighted by Gasteiger charge is 2.30. The first-order valence-electron chi connectivity index (χ1n) is 10.5. The van der Waals surface area contributed by atoms with Crippen molar-refractivity contribution in [1.29, 1.82) is 0 Å². The molecule has 1 heterocycles. The zero-order valence-corrected chi connectivity index (χ0v) is 18.0. The van der Waals surface area contributed by atoms with E-state index >= 15 is 0 Å². The van der Waals surface area contributed by atoms with E-state index in [-0.39, 0.29) is 24.2 Å². The van der Waals surface area contributed by atoms with Gasteiger partial charge in [0.1, 0.15) is 11.8 Å². The van der Waals surface area contributed by atoms with Crippen LogP contribution in [-0.4, -0.2) is 56.0 Å². The lowest BCUT2D eigenvalue weighted by Gasteiger charge is -2.38. The summed E-state index contributed by atoms with van der Waals surface area (Å²) in [6.45, 7) is 6.71. The van der Waals surface area contributed by atoms with Crippen molar-refractivity contribution in [3.8, 4) is 5.75 Å². The summed E-state index contributed by atoms with van der Waals surface area (Å²) in [4.78, 5) is 29.8. The number of anilines is 1. The lowest BCUT2D eigenvalue weighted by Crippen LogP contribution is -2.56. The Morgan fingerprint density at radius 1 is 1.00 bits per heavy atom. The fourth-order valence-electron chi connectivity index (χ4n) is 3.71. The highest BCUT2D eigenvalue weighted by Crippen LogP contribution is 2.22. The topological polar surface area (TPSA) is 61.9 Å². The molecule has 6 nitrogen and oxygen atoms in total. The predicted octanol–water partition coefficient (Wildman–Crippen LogP) is 2.73. The lowest BCUT2D eigenvalue weighted by atomic mass is 10.0. The Morgan fingerprint density at radius 2 is 1.70 bits per heavy atom. The Labute approximate surface area is 178 Å². The first-order chi connectivity index (χ1) is 14.5. The van der Waals surface area contributed by atoms with E-state index in [1.165, 1.54) is 0 Å². The zero-order chi connectivity index (χ0) is 21.5. The molecule has 2 aromatic carbocycles. The van der Waals surface area contributed by atoms with Gasteiger partial charge in [-0.05, 0) is 23.6 Å². The largest absolute Gasteiger partial charge is 0.497 e. The second kappa shape index (κ2) is 10.1. The highest BCUT2D eigenvalue weighted by atomic mass is 16.5. The Morgan fingerprint density at radius 3 is 2.33 bits per heavy atom. The van der Waals surface area contributed by atoms with Gasteiger partial charge in [-0.1, -0.05) is 50.2 Å². The maximum Gasteiger partial charge on any atom is 0.245 e. The smallest absolute Gasteiger partial charge is 0.245 e. The van der Waals surface area contributed by atoms with Crippen LogP contribution in [-0.2, 0) is 16.0 Å². The van der Waals surface area contributed by atoms with E-state index in [9.17, 15) is 9.59 Å². The maximum absolute atomic E-state index is 13.1. The van der Waals surface area contributed by atoms with Crippen molar-refractivity contribution in [3.63, 3.8) is 0 Å². The van der Waals surface area contributed by atoms with Crippen LogP contribution >= 0.6 is 0 Å². The molecule has 0 saturated carbocycles. The molecule has 30 heavy (non-hydrogen) atoms. The molecule has 0 bridgehead atoms. The Balaban J connectivity index is 1.57. The van der Waals surface area contributed by atoms with Crippen molar-refractivity contribution >= 4 is 17.5 Å². The van der Waals surface area contributed by atoms with Crippen LogP contribution in [0, 0.1) is 5.92 Å². The predicted molar refractivity (Wildman–Crippen MR) is 119 cm³/mol. The number of nitrogens with one attached hydrogen (secondary N) is 1. The van der Waals surface area contributed by atoms with Crippen molar-refractivity contribution in [3.05, 3.63) is 60.2 Å². The SMILES string of the molecule is COc1cccc(N2CCN(C(=O)[C@@H](NC(=O)Cc3ccccc3)C(C)C)CC2)c1. The second-order valence-electron chi connectivity index (χ2n) is 7.97.